The molecule has 3 atom stereocenters. The number of hydrogen-bond donors (Lipinski definition) is 1. The maximum atomic E-state index is 13.0. The molecule has 0 bridgehead atoms. The first-order valence-electron chi connectivity index (χ1n) is 8.63. The Morgan fingerprint density at radius 1 is 1.33 bits per heavy atom. The number of halogens is 3. The third-order valence-corrected chi connectivity index (χ3v) is 5.15. The molecule has 0 spiro atoms. The molecule has 1 aliphatic rings. The van der Waals surface area contributed by atoms with E-state index in [4.69, 9.17) is 0 Å². The first kappa shape index (κ1) is 19.4. The van der Waals surface area contributed by atoms with Crippen LogP contribution in [0.25, 0.3) is 5.69 Å². The van der Waals surface area contributed by atoms with Gasteiger partial charge in [0, 0.05) is 37.9 Å². The number of aromatic nitrogens is 4. The second-order valence-corrected chi connectivity index (χ2v) is 7.23. The highest BCUT2D eigenvalue weighted by atomic mass is 19.4. The van der Waals surface area contributed by atoms with E-state index in [0.717, 1.165) is 16.3 Å². The molecule has 3 heterocycles. The van der Waals surface area contributed by atoms with Crippen molar-refractivity contribution in [3.63, 3.8) is 0 Å². The van der Waals surface area contributed by atoms with Crippen LogP contribution in [-0.2, 0) is 11.8 Å². The zero-order valence-corrected chi connectivity index (χ0v) is 15.3. The molecule has 2 aromatic rings. The highest BCUT2D eigenvalue weighted by Crippen LogP contribution is 2.37. The summed E-state index contributed by atoms with van der Waals surface area (Å²) in [5.41, 5.74) is -1.66. The Labute approximate surface area is 154 Å². The van der Waals surface area contributed by atoms with Crippen LogP contribution in [0.1, 0.15) is 31.9 Å². The van der Waals surface area contributed by atoms with E-state index in [2.05, 4.69) is 10.2 Å². The smallest absolute Gasteiger partial charge is 0.373 e. The molecule has 27 heavy (non-hydrogen) atoms. The summed E-state index contributed by atoms with van der Waals surface area (Å²) in [6, 6.07) is 1.87. The number of hydrogen-bond acceptors (Lipinski definition) is 4. The van der Waals surface area contributed by atoms with Crippen molar-refractivity contribution in [3.05, 3.63) is 30.4 Å². The van der Waals surface area contributed by atoms with Crippen LogP contribution in [0, 0.1) is 5.92 Å². The summed E-state index contributed by atoms with van der Waals surface area (Å²) >= 11 is 0. The summed E-state index contributed by atoms with van der Waals surface area (Å²) in [5.74, 6) is -1.38. The number of nitrogens with zero attached hydrogens (tertiary/aromatic N) is 5. The molecular weight excluding hydrogens is 363 g/mol. The lowest BCUT2D eigenvalue weighted by Crippen LogP contribution is -2.58. The van der Waals surface area contributed by atoms with E-state index in [9.17, 15) is 23.1 Å². The molecule has 1 aliphatic heterocycles. The van der Waals surface area contributed by atoms with Crippen molar-refractivity contribution < 1.29 is 23.1 Å². The molecule has 0 aromatic carbocycles. The second kappa shape index (κ2) is 6.66. The molecule has 10 heteroatoms. The fraction of sp³-hybridized carbons (Fsp3) is 0.588. The molecule has 0 aliphatic carbocycles. The minimum absolute atomic E-state index is 0.0209. The summed E-state index contributed by atoms with van der Waals surface area (Å²) < 4.78 is 42.3. The monoisotopic (exact) mass is 385 g/mol. The Bertz CT molecular complexity index is 827. The minimum atomic E-state index is -5.01. The molecule has 1 saturated heterocycles. The highest BCUT2D eigenvalue weighted by Gasteiger charge is 2.57. The SMILES string of the molecule is C[C@@H]1CN(C(=O)[C@@](C)(O)C(F)(F)F)CC[C@@H]1c1ccnn1-c1cnn(C)c1. The van der Waals surface area contributed by atoms with Crippen LogP contribution >= 0.6 is 0 Å². The summed E-state index contributed by atoms with van der Waals surface area (Å²) in [6.07, 6.45) is 0.637. The van der Waals surface area contributed by atoms with Crippen LogP contribution in [0.15, 0.2) is 24.7 Å². The van der Waals surface area contributed by atoms with Crippen molar-refractivity contribution in [2.45, 2.75) is 38.0 Å². The van der Waals surface area contributed by atoms with Gasteiger partial charge < -0.3 is 10.0 Å². The zero-order valence-electron chi connectivity index (χ0n) is 15.3. The third-order valence-electron chi connectivity index (χ3n) is 5.15. The van der Waals surface area contributed by atoms with Crippen molar-refractivity contribution in [3.8, 4) is 5.69 Å². The van der Waals surface area contributed by atoms with Gasteiger partial charge in [0.2, 0.25) is 5.60 Å². The molecule has 1 N–H and O–H groups in total. The third kappa shape index (κ3) is 3.45. The number of piperidine rings is 1. The van der Waals surface area contributed by atoms with Crippen LogP contribution < -0.4 is 0 Å². The topological polar surface area (TPSA) is 76.2 Å². The predicted molar refractivity (Wildman–Crippen MR) is 90.1 cm³/mol. The van der Waals surface area contributed by atoms with E-state index < -0.39 is 17.7 Å². The van der Waals surface area contributed by atoms with Crippen LogP contribution in [0.4, 0.5) is 13.2 Å². The second-order valence-electron chi connectivity index (χ2n) is 7.23. The normalized spacial score (nSPS) is 23.3. The number of likely N-dealkylation sites (tertiary alicyclic amines) is 1. The summed E-state index contributed by atoms with van der Waals surface area (Å²) in [5, 5.41) is 18.1. The van der Waals surface area contributed by atoms with Crippen molar-refractivity contribution >= 4 is 5.91 Å². The highest BCUT2D eigenvalue weighted by molar-refractivity contribution is 5.85. The molecule has 0 saturated carbocycles. The van der Waals surface area contributed by atoms with Gasteiger partial charge in [-0.2, -0.15) is 23.4 Å². The maximum Gasteiger partial charge on any atom is 0.426 e. The van der Waals surface area contributed by atoms with E-state index in [0.29, 0.717) is 13.3 Å². The van der Waals surface area contributed by atoms with Crippen molar-refractivity contribution in [2.75, 3.05) is 13.1 Å². The lowest BCUT2D eigenvalue weighted by atomic mass is 9.83. The van der Waals surface area contributed by atoms with Gasteiger partial charge >= 0.3 is 6.18 Å². The van der Waals surface area contributed by atoms with Crippen LogP contribution in [0.2, 0.25) is 0 Å². The number of carbonyl (C=O) groups excluding carboxylic acids is 1. The Balaban J connectivity index is 1.77. The number of amides is 1. The van der Waals surface area contributed by atoms with E-state index in [1.807, 2.05) is 19.2 Å². The molecule has 148 valence electrons. The molecule has 0 unspecified atom stereocenters. The van der Waals surface area contributed by atoms with Crippen LogP contribution in [0.5, 0.6) is 0 Å². The number of carbonyl (C=O) groups is 1. The number of aliphatic hydroxyl groups is 1. The molecule has 3 rings (SSSR count). The Morgan fingerprint density at radius 3 is 2.59 bits per heavy atom. The van der Waals surface area contributed by atoms with E-state index >= 15 is 0 Å². The number of alkyl halides is 3. The zero-order chi connectivity index (χ0) is 20.0. The number of aryl methyl sites for hydroxylation is 1. The van der Waals surface area contributed by atoms with Gasteiger partial charge in [0.05, 0.1) is 12.4 Å². The quantitative estimate of drug-likeness (QED) is 0.875. The van der Waals surface area contributed by atoms with Gasteiger partial charge in [-0.3, -0.25) is 9.48 Å². The van der Waals surface area contributed by atoms with Gasteiger partial charge in [0.25, 0.3) is 5.91 Å². The van der Waals surface area contributed by atoms with Crippen molar-refractivity contribution in [1.82, 2.24) is 24.5 Å². The average molecular weight is 385 g/mol. The van der Waals surface area contributed by atoms with Crippen molar-refractivity contribution in [2.24, 2.45) is 13.0 Å². The van der Waals surface area contributed by atoms with Gasteiger partial charge in [-0.05, 0) is 25.3 Å². The first-order valence-corrected chi connectivity index (χ1v) is 8.63. The van der Waals surface area contributed by atoms with Gasteiger partial charge in [0.1, 0.15) is 5.69 Å². The van der Waals surface area contributed by atoms with Gasteiger partial charge in [0.15, 0.2) is 0 Å². The molecule has 7 nitrogen and oxygen atoms in total. The average Bonchev–Trinajstić information content (AvgIpc) is 3.21. The van der Waals surface area contributed by atoms with Gasteiger partial charge in [-0.25, -0.2) is 4.68 Å². The van der Waals surface area contributed by atoms with Crippen molar-refractivity contribution in [1.29, 1.82) is 0 Å². The van der Waals surface area contributed by atoms with Crippen LogP contribution in [0.3, 0.4) is 0 Å². The summed E-state index contributed by atoms with van der Waals surface area (Å²) in [4.78, 5) is 13.3. The maximum absolute atomic E-state index is 13.0. The molecular formula is C17H22F3N5O2. The minimum Gasteiger partial charge on any atom is -0.373 e. The fourth-order valence-electron chi connectivity index (χ4n) is 3.53. The molecule has 1 fully saturated rings. The van der Waals surface area contributed by atoms with Gasteiger partial charge in [-0.15, -0.1) is 0 Å². The summed E-state index contributed by atoms with van der Waals surface area (Å²) in [6.45, 7) is 2.66. The first-order chi connectivity index (χ1) is 12.5. The lowest BCUT2D eigenvalue weighted by Gasteiger charge is -2.40. The Hall–Kier alpha value is -2.36. The molecule has 0 radical (unpaired) electrons. The fourth-order valence-corrected chi connectivity index (χ4v) is 3.53. The summed E-state index contributed by atoms with van der Waals surface area (Å²) in [7, 11) is 1.80. The largest absolute Gasteiger partial charge is 0.426 e. The standard InChI is InChI=1S/C17H22F3N5O2/c1-11-9-24(15(26)16(2,27)17(18,19)20)7-5-13(11)14-4-6-21-25(14)12-8-22-23(3)10-12/h4,6,8,10-11,13,27H,5,7,9H2,1-3H3/t11-,13+,16-/m1/s1. The van der Waals surface area contributed by atoms with E-state index in [1.54, 1.807) is 28.8 Å². The Kier molecular flexibility index (Phi) is 4.79. The van der Waals surface area contributed by atoms with Gasteiger partial charge in [-0.1, -0.05) is 6.92 Å². The molecule has 1 amide bonds. The number of rotatable bonds is 3. The lowest BCUT2D eigenvalue weighted by molar-refractivity contribution is -0.250. The Morgan fingerprint density at radius 2 is 2.04 bits per heavy atom. The van der Waals surface area contributed by atoms with Crippen LogP contribution in [-0.4, -0.2) is 60.3 Å². The van der Waals surface area contributed by atoms with E-state index in [-0.39, 0.29) is 24.9 Å². The van der Waals surface area contributed by atoms with E-state index in [1.165, 1.54) is 0 Å². The predicted octanol–water partition coefficient (Wildman–Crippen LogP) is 1.87. The molecule has 2 aromatic heterocycles.